The van der Waals surface area contributed by atoms with E-state index in [0.29, 0.717) is 0 Å². The number of aromatic nitrogens is 2. The maximum atomic E-state index is 2.49. The lowest BCUT2D eigenvalue weighted by molar-refractivity contribution is 1.18. The molecule has 0 amide bonds. The van der Waals surface area contributed by atoms with Crippen molar-refractivity contribution in [3.8, 4) is 33.6 Å². The number of fused-ring (bicyclic) bond motifs is 12. The normalized spacial score (nSPS) is 12.1. The number of hydrogen-bond acceptors (Lipinski definition) is 1. The van der Waals surface area contributed by atoms with Gasteiger partial charge in [0.1, 0.15) is 0 Å². The van der Waals surface area contributed by atoms with Crippen molar-refractivity contribution in [2.45, 2.75) is 0 Å². The number of hydrogen-bond donors (Lipinski definition) is 0. The van der Waals surface area contributed by atoms with Crippen molar-refractivity contribution in [2.24, 2.45) is 0 Å². The summed E-state index contributed by atoms with van der Waals surface area (Å²) in [5.74, 6) is 0. The Labute approximate surface area is 344 Å². The maximum Gasteiger partial charge on any atom is 0.0619 e. The quantitative estimate of drug-likeness (QED) is 0.169. The second kappa shape index (κ2) is 12.5. The molecule has 274 valence electrons. The van der Waals surface area contributed by atoms with Crippen LogP contribution in [-0.4, -0.2) is 9.13 Å². The van der Waals surface area contributed by atoms with Crippen LogP contribution in [0.5, 0.6) is 0 Å². The molecule has 0 spiro atoms. The minimum Gasteiger partial charge on any atom is -0.309 e. The molecule has 0 aliphatic rings. The Morgan fingerprint density at radius 3 is 1.75 bits per heavy atom. The van der Waals surface area contributed by atoms with Gasteiger partial charge in [-0.2, -0.15) is 0 Å². The van der Waals surface area contributed by atoms with Gasteiger partial charge in [-0.05, 0) is 105 Å². The Kier molecular flexibility index (Phi) is 6.92. The molecule has 13 rings (SSSR count). The molecule has 59 heavy (non-hydrogen) atoms. The number of thiophene rings is 1. The summed E-state index contributed by atoms with van der Waals surface area (Å²) >= 11 is 1.87. The van der Waals surface area contributed by atoms with Gasteiger partial charge < -0.3 is 9.13 Å². The van der Waals surface area contributed by atoms with Gasteiger partial charge in [-0.1, -0.05) is 140 Å². The molecule has 13 aromatic rings. The van der Waals surface area contributed by atoms with Crippen molar-refractivity contribution in [3.63, 3.8) is 0 Å². The van der Waals surface area contributed by atoms with Crippen molar-refractivity contribution in [3.05, 3.63) is 206 Å². The van der Waals surface area contributed by atoms with Crippen LogP contribution in [0.4, 0.5) is 0 Å². The lowest BCUT2D eigenvalue weighted by atomic mass is 9.98. The first-order valence-electron chi connectivity index (χ1n) is 20.2. The van der Waals surface area contributed by atoms with E-state index in [1.165, 1.54) is 113 Å². The minimum absolute atomic E-state index is 1.16. The van der Waals surface area contributed by atoms with E-state index in [1.807, 2.05) is 11.3 Å². The van der Waals surface area contributed by atoms with Crippen LogP contribution in [0.1, 0.15) is 0 Å². The van der Waals surface area contributed by atoms with Crippen LogP contribution in [0.3, 0.4) is 0 Å². The van der Waals surface area contributed by atoms with E-state index in [1.54, 1.807) is 0 Å². The Balaban J connectivity index is 0.995. The van der Waals surface area contributed by atoms with E-state index in [0.717, 1.165) is 5.69 Å². The minimum atomic E-state index is 1.16. The molecule has 3 heterocycles. The summed E-state index contributed by atoms with van der Waals surface area (Å²) in [5.41, 5.74) is 12.1. The molecular formula is C56H34N2S. The van der Waals surface area contributed by atoms with Gasteiger partial charge in [0, 0.05) is 58.5 Å². The summed E-state index contributed by atoms with van der Waals surface area (Å²) in [6.07, 6.45) is 0. The fourth-order valence-corrected chi connectivity index (χ4v) is 10.9. The van der Waals surface area contributed by atoms with Crippen molar-refractivity contribution >= 4 is 96.7 Å². The molecule has 2 nitrogen and oxygen atoms in total. The van der Waals surface area contributed by atoms with Crippen LogP contribution in [0.2, 0.25) is 0 Å². The highest BCUT2D eigenvalue weighted by Gasteiger charge is 2.19. The first-order chi connectivity index (χ1) is 29.2. The zero-order valence-electron chi connectivity index (χ0n) is 31.9. The van der Waals surface area contributed by atoms with Crippen molar-refractivity contribution in [1.29, 1.82) is 0 Å². The fourth-order valence-electron chi connectivity index (χ4n) is 9.80. The van der Waals surface area contributed by atoms with Gasteiger partial charge in [-0.15, -0.1) is 11.3 Å². The summed E-state index contributed by atoms with van der Waals surface area (Å²) in [6.45, 7) is 0. The Bertz CT molecular complexity index is 3850. The zero-order chi connectivity index (χ0) is 38.6. The Hall–Kier alpha value is -7.46. The third-order valence-electron chi connectivity index (χ3n) is 12.5. The average molecular weight is 767 g/mol. The molecular weight excluding hydrogens is 733 g/mol. The van der Waals surface area contributed by atoms with E-state index in [9.17, 15) is 0 Å². The van der Waals surface area contributed by atoms with Gasteiger partial charge in [0.2, 0.25) is 0 Å². The molecule has 0 atom stereocenters. The summed E-state index contributed by atoms with van der Waals surface area (Å²) in [5, 5.41) is 12.7. The first-order valence-corrected chi connectivity index (χ1v) is 21.1. The smallest absolute Gasteiger partial charge is 0.0619 e. The van der Waals surface area contributed by atoms with Gasteiger partial charge in [0.25, 0.3) is 0 Å². The lowest BCUT2D eigenvalue weighted by Gasteiger charge is -2.12. The summed E-state index contributed by atoms with van der Waals surface area (Å²) in [7, 11) is 0. The van der Waals surface area contributed by atoms with Gasteiger partial charge in [0.15, 0.2) is 0 Å². The largest absolute Gasteiger partial charge is 0.309 e. The van der Waals surface area contributed by atoms with Crippen LogP contribution in [0.25, 0.3) is 119 Å². The number of benzene rings is 10. The van der Waals surface area contributed by atoms with Gasteiger partial charge in [0.05, 0.1) is 22.1 Å². The van der Waals surface area contributed by atoms with Crippen LogP contribution in [0.15, 0.2) is 206 Å². The molecule has 3 aromatic heterocycles. The van der Waals surface area contributed by atoms with Gasteiger partial charge >= 0.3 is 0 Å². The van der Waals surface area contributed by atoms with Crippen molar-refractivity contribution in [2.75, 3.05) is 0 Å². The molecule has 0 radical (unpaired) electrons. The van der Waals surface area contributed by atoms with E-state index in [-0.39, 0.29) is 0 Å². The molecule has 3 heteroatoms. The highest BCUT2D eigenvalue weighted by molar-refractivity contribution is 7.25. The van der Waals surface area contributed by atoms with Crippen molar-refractivity contribution < 1.29 is 0 Å². The van der Waals surface area contributed by atoms with Crippen LogP contribution >= 0.6 is 11.3 Å². The highest BCUT2D eigenvalue weighted by atomic mass is 32.1. The fraction of sp³-hybridized carbons (Fsp3) is 0. The van der Waals surface area contributed by atoms with Crippen LogP contribution in [0, 0.1) is 0 Å². The second-order valence-electron chi connectivity index (χ2n) is 15.7. The number of nitrogens with zero attached hydrogens (tertiary/aromatic N) is 2. The SMILES string of the molecule is c1cc(-c2cccc3ccccc23)cc(-n2c3ccccc3c3cc(-c4ccc5c(c4)c4ccc6ccccc6c4n5-c4ccc5sc6ccccc6c5c4)ccc32)c1. The predicted molar refractivity (Wildman–Crippen MR) is 254 cm³/mol. The number of para-hydroxylation sites is 1. The highest BCUT2D eigenvalue weighted by Crippen LogP contribution is 2.42. The maximum absolute atomic E-state index is 2.49. The van der Waals surface area contributed by atoms with Crippen LogP contribution in [-0.2, 0) is 0 Å². The van der Waals surface area contributed by atoms with Crippen molar-refractivity contribution in [1.82, 2.24) is 9.13 Å². The summed E-state index contributed by atoms with van der Waals surface area (Å²) < 4.78 is 7.56. The molecule has 0 aliphatic heterocycles. The molecule has 0 fully saturated rings. The third kappa shape index (κ3) is 4.86. The predicted octanol–water partition coefficient (Wildman–Crippen LogP) is 15.9. The third-order valence-corrected chi connectivity index (χ3v) is 13.6. The van der Waals surface area contributed by atoms with E-state index < -0.39 is 0 Å². The average Bonchev–Trinajstić information content (AvgIpc) is 3.96. The van der Waals surface area contributed by atoms with Gasteiger partial charge in [-0.3, -0.25) is 0 Å². The van der Waals surface area contributed by atoms with Gasteiger partial charge in [-0.25, -0.2) is 0 Å². The summed E-state index contributed by atoms with van der Waals surface area (Å²) in [4.78, 5) is 0. The monoisotopic (exact) mass is 766 g/mol. The summed E-state index contributed by atoms with van der Waals surface area (Å²) in [6, 6.07) is 76.3. The van der Waals surface area contributed by atoms with E-state index >= 15 is 0 Å². The molecule has 0 aliphatic carbocycles. The standard InChI is InChI=1S/C56H34N2S/c1-3-16-42-35(11-1)13-10-20-43(42)39-14-9-15-40(31-39)57-51-21-7-5-18-45(51)48-32-37(24-28-52(48)57)38-25-29-53-49(33-38)47-27-23-36-12-2-4-17-44(36)56(47)58(53)41-26-30-55-50(34-41)46-19-6-8-22-54(46)59-55/h1-34H. The zero-order valence-corrected chi connectivity index (χ0v) is 32.7. The van der Waals surface area contributed by atoms with E-state index in [4.69, 9.17) is 0 Å². The van der Waals surface area contributed by atoms with E-state index in [2.05, 4.69) is 215 Å². The van der Waals surface area contributed by atoms with Crippen LogP contribution < -0.4 is 0 Å². The first kappa shape index (κ1) is 32.6. The number of rotatable bonds is 4. The molecule has 0 bridgehead atoms. The Morgan fingerprint density at radius 2 is 0.898 bits per heavy atom. The Morgan fingerprint density at radius 1 is 0.288 bits per heavy atom. The molecule has 0 saturated carbocycles. The topological polar surface area (TPSA) is 9.86 Å². The molecule has 0 saturated heterocycles. The lowest BCUT2D eigenvalue weighted by Crippen LogP contribution is -1.94. The molecule has 0 unspecified atom stereocenters. The molecule has 0 N–H and O–H groups in total. The molecule has 10 aromatic carbocycles. The second-order valence-corrected chi connectivity index (χ2v) is 16.8.